The summed E-state index contributed by atoms with van der Waals surface area (Å²) in [6.45, 7) is 6.22. The Balaban J connectivity index is 1.65. The summed E-state index contributed by atoms with van der Waals surface area (Å²) in [5.41, 5.74) is 2.42. The number of hydrogen-bond acceptors (Lipinski definition) is 4. The van der Waals surface area contributed by atoms with Gasteiger partial charge in [0.15, 0.2) is 11.7 Å². The molecule has 4 nitrogen and oxygen atoms in total. The summed E-state index contributed by atoms with van der Waals surface area (Å²) in [5, 5.41) is 6.16. The van der Waals surface area contributed by atoms with Gasteiger partial charge in [-0.2, -0.15) is 0 Å². The molecular weight excluding hydrogens is 415 g/mol. The smallest absolute Gasteiger partial charge is 0.264 e. The van der Waals surface area contributed by atoms with Crippen molar-refractivity contribution in [3.63, 3.8) is 0 Å². The Morgan fingerprint density at radius 3 is 2.64 bits per heavy atom. The molecule has 0 bridgehead atoms. The van der Waals surface area contributed by atoms with Crippen LogP contribution >= 0.6 is 34.5 Å². The maximum atomic E-state index is 12.3. The molecule has 0 fully saturated rings. The van der Waals surface area contributed by atoms with Crippen LogP contribution in [-0.2, 0) is 10.2 Å². The van der Waals surface area contributed by atoms with Crippen LogP contribution in [0.25, 0.3) is 11.3 Å². The predicted molar refractivity (Wildman–Crippen MR) is 117 cm³/mol. The van der Waals surface area contributed by atoms with Crippen LogP contribution in [0.1, 0.15) is 26.3 Å². The van der Waals surface area contributed by atoms with Gasteiger partial charge in [0.05, 0.1) is 10.7 Å². The molecule has 3 rings (SSSR count). The number of carbonyl (C=O) groups excluding carboxylic acids is 1. The summed E-state index contributed by atoms with van der Waals surface area (Å²) >= 11 is 13.5. The number of para-hydroxylation sites is 1. The lowest BCUT2D eigenvalue weighted by Gasteiger charge is -2.22. The van der Waals surface area contributed by atoms with Gasteiger partial charge in [-0.1, -0.05) is 62.2 Å². The van der Waals surface area contributed by atoms with E-state index in [2.05, 4.69) is 31.1 Å². The summed E-state index contributed by atoms with van der Waals surface area (Å²) in [4.78, 5) is 16.7. The molecule has 0 unspecified atom stereocenters. The van der Waals surface area contributed by atoms with Gasteiger partial charge in [-0.05, 0) is 35.2 Å². The SMILES string of the molecule is CC(C)(C)c1ccccc1OCC(=O)Nc1nc(-c2ccc(Cl)cc2Cl)cs1. The van der Waals surface area contributed by atoms with Gasteiger partial charge in [0.2, 0.25) is 0 Å². The summed E-state index contributed by atoms with van der Waals surface area (Å²) in [7, 11) is 0. The first-order valence-corrected chi connectivity index (χ1v) is 10.3. The molecule has 3 aromatic rings. The number of benzene rings is 2. The minimum atomic E-state index is -0.271. The quantitative estimate of drug-likeness (QED) is 0.502. The molecule has 1 aromatic heterocycles. The molecule has 0 saturated heterocycles. The van der Waals surface area contributed by atoms with E-state index in [0.717, 1.165) is 11.1 Å². The minimum absolute atomic E-state index is 0.0743. The van der Waals surface area contributed by atoms with Crippen molar-refractivity contribution in [2.75, 3.05) is 11.9 Å². The maximum Gasteiger partial charge on any atom is 0.264 e. The van der Waals surface area contributed by atoms with E-state index in [1.54, 1.807) is 18.2 Å². The van der Waals surface area contributed by atoms with Gasteiger partial charge in [0.1, 0.15) is 5.75 Å². The highest BCUT2D eigenvalue weighted by Crippen LogP contribution is 2.33. The van der Waals surface area contributed by atoms with Crippen LogP contribution in [0.2, 0.25) is 10.0 Å². The van der Waals surface area contributed by atoms with Crippen molar-refractivity contribution >= 4 is 45.6 Å². The molecule has 7 heteroatoms. The molecule has 2 aromatic carbocycles. The highest BCUT2D eigenvalue weighted by Gasteiger charge is 2.19. The number of anilines is 1. The van der Waals surface area contributed by atoms with Crippen LogP contribution in [0.3, 0.4) is 0 Å². The lowest BCUT2D eigenvalue weighted by Crippen LogP contribution is -2.21. The number of aromatic nitrogens is 1. The molecule has 1 amide bonds. The molecule has 0 aliphatic rings. The average Bonchev–Trinajstić information content (AvgIpc) is 3.07. The fourth-order valence-electron chi connectivity index (χ4n) is 2.66. The number of halogens is 2. The number of carbonyl (C=O) groups is 1. The van der Waals surface area contributed by atoms with Crippen LogP contribution in [0.5, 0.6) is 5.75 Å². The Bertz CT molecular complexity index is 996. The molecule has 1 N–H and O–H groups in total. The van der Waals surface area contributed by atoms with Crippen LogP contribution in [-0.4, -0.2) is 17.5 Å². The molecular formula is C21H20Cl2N2O2S. The number of amides is 1. The maximum absolute atomic E-state index is 12.3. The molecule has 146 valence electrons. The van der Waals surface area contributed by atoms with Gasteiger partial charge < -0.3 is 4.74 Å². The predicted octanol–water partition coefficient (Wildman–Crippen LogP) is 6.43. The third-order valence-electron chi connectivity index (χ3n) is 4.01. The largest absolute Gasteiger partial charge is 0.483 e. The van der Waals surface area contributed by atoms with Crippen LogP contribution in [0.4, 0.5) is 5.13 Å². The van der Waals surface area contributed by atoms with E-state index in [4.69, 9.17) is 27.9 Å². The first-order valence-electron chi connectivity index (χ1n) is 8.67. The summed E-state index contributed by atoms with van der Waals surface area (Å²) in [5.74, 6) is 0.435. The number of ether oxygens (including phenoxy) is 1. The molecule has 0 atom stereocenters. The fourth-order valence-corrected chi connectivity index (χ4v) is 3.89. The second-order valence-electron chi connectivity index (χ2n) is 7.25. The lowest BCUT2D eigenvalue weighted by molar-refractivity contribution is -0.118. The zero-order valence-electron chi connectivity index (χ0n) is 15.8. The van der Waals surface area contributed by atoms with E-state index in [-0.39, 0.29) is 17.9 Å². The summed E-state index contributed by atoms with van der Waals surface area (Å²) in [6.07, 6.45) is 0. The Kier molecular flexibility index (Phi) is 6.28. The van der Waals surface area contributed by atoms with E-state index < -0.39 is 0 Å². The number of nitrogens with one attached hydrogen (secondary N) is 1. The Morgan fingerprint density at radius 2 is 1.93 bits per heavy atom. The van der Waals surface area contributed by atoms with Crippen LogP contribution in [0, 0.1) is 0 Å². The van der Waals surface area contributed by atoms with Gasteiger partial charge in [0.25, 0.3) is 5.91 Å². The standard InChI is InChI=1S/C21H20Cl2N2O2S/c1-21(2,3)15-6-4-5-7-18(15)27-11-19(26)25-20-24-17(12-28-20)14-9-8-13(22)10-16(14)23/h4-10,12H,11H2,1-3H3,(H,24,25,26). The molecule has 0 aliphatic carbocycles. The third-order valence-corrected chi connectivity index (χ3v) is 5.32. The second kappa shape index (κ2) is 8.52. The third kappa shape index (κ3) is 5.04. The van der Waals surface area contributed by atoms with Gasteiger partial charge >= 0.3 is 0 Å². The zero-order chi connectivity index (χ0) is 20.3. The zero-order valence-corrected chi connectivity index (χ0v) is 18.1. The van der Waals surface area contributed by atoms with Crippen molar-refractivity contribution in [1.82, 2.24) is 4.98 Å². The number of nitrogens with zero attached hydrogens (tertiary/aromatic N) is 1. The monoisotopic (exact) mass is 434 g/mol. The van der Waals surface area contributed by atoms with E-state index in [1.807, 2.05) is 29.6 Å². The normalized spacial score (nSPS) is 11.3. The topological polar surface area (TPSA) is 51.2 Å². The number of thiazole rings is 1. The van der Waals surface area contributed by atoms with Gasteiger partial charge in [-0.25, -0.2) is 4.98 Å². The molecule has 0 radical (unpaired) electrons. The van der Waals surface area contributed by atoms with Crippen molar-refractivity contribution in [3.8, 4) is 17.0 Å². The number of hydrogen-bond donors (Lipinski definition) is 1. The Hall–Kier alpha value is -2.08. The van der Waals surface area contributed by atoms with Gasteiger partial charge in [-0.15, -0.1) is 11.3 Å². The first kappa shape index (κ1) is 20.6. The van der Waals surface area contributed by atoms with Crippen molar-refractivity contribution in [3.05, 3.63) is 63.5 Å². The van der Waals surface area contributed by atoms with Crippen LogP contribution in [0.15, 0.2) is 47.8 Å². The fraction of sp³-hybridized carbons (Fsp3) is 0.238. The Labute approximate surface area is 178 Å². The molecule has 0 aliphatic heterocycles. The van der Waals surface area contributed by atoms with E-state index in [9.17, 15) is 4.79 Å². The molecule has 0 saturated carbocycles. The van der Waals surface area contributed by atoms with E-state index in [1.165, 1.54) is 11.3 Å². The average molecular weight is 435 g/mol. The minimum Gasteiger partial charge on any atom is -0.483 e. The molecule has 1 heterocycles. The van der Waals surface area contributed by atoms with Gasteiger partial charge in [-0.3, -0.25) is 10.1 Å². The second-order valence-corrected chi connectivity index (χ2v) is 8.95. The van der Waals surface area contributed by atoms with Crippen LogP contribution < -0.4 is 10.1 Å². The first-order chi connectivity index (χ1) is 13.2. The van der Waals surface area contributed by atoms with E-state index >= 15 is 0 Å². The lowest BCUT2D eigenvalue weighted by atomic mass is 9.86. The Morgan fingerprint density at radius 1 is 1.18 bits per heavy atom. The van der Waals surface area contributed by atoms with E-state index in [0.29, 0.717) is 26.6 Å². The number of rotatable bonds is 5. The molecule has 28 heavy (non-hydrogen) atoms. The highest BCUT2D eigenvalue weighted by molar-refractivity contribution is 7.14. The summed E-state index contributed by atoms with van der Waals surface area (Å²) < 4.78 is 5.75. The molecule has 0 spiro atoms. The van der Waals surface area contributed by atoms with Gasteiger partial charge in [0, 0.05) is 16.0 Å². The summed E-state index contributed by atoms with van der Waals surface area (Å²) in [6, 6.07) is 13.0. The van der Waals surface area contributed by atoms with Crippen molar-refractivity contribution < 1.29 is 9.53 Å². The van der Waals surface area contributed by atoms with Crippen molar-refractivity contribution in [1.29, 1.82) is 0 Å². The highest BCUT2D eigenvalue weighted by atomic mass is 35.5. The van der Waals surface area contributed by atoms with Crippen molar-refractivity contribution in [2.24, 2.45) is 0 Å². The van der Waals surface area contributed by atoms with Crippen molar-refractivity contribution in [2.45, 2.75) is 26.2 Å².